The molecule has 0 radical (unpaired) electrons. The van der Waals surface area contributed by atoms with Gasteiger partial charge >= 0.3 is 0 Å². The number of likely N-dealkylation sites (tertiary alicyclic amines) is 1. The minimum absolute atomic E-state index is 0.810. The summed E-state index contributed by atoms with van der Waals surface area (Å²) in [4.78, 5) is 2.62. The van der Waals surface area contributed by atoms with Gasteiger partial charge in [0.25, 0.3) is 0 Å². The smallest absolute Gasteiger partial charge is 0.0233 e. The first-order chi connectivity index (χ1) is 8.31. The summed E-state index contributed by atoms with van der Waals surface area (Å²) in [6.07, 6.45) is 2.70. The van der Waals surface area contributed by atoms with Crippen LogP contribution in [0.15, 0.2) is 24.3 Å². The first-order valence-corrected chi connectivity index (χ1v) is 6.82. The van der Waals surface area contributed by atoms with Gasteiger partial charge in [-0.1, -0.05) is 29.8 Å². The van der Waals surface area contributed by atoms with Gasteiger partial charge in [-0.25, -0.2) is 0 Å². The fraction of sp³-hybridized carbons (Fsp3) is 0.600. The number of nitrogens with one attached hydrogen (secondary N) is 1. The molecule has 2 nitrogen and oxygen atoms in total. The Morgan fingerprint density at radius 2 is 2.06 bits per heavy atom. The van der Waals surface area contributed by atoms with Gasteiger partial charge in [0.1, 0.15) is 0 Å². The summed E-state index contributed by atoms with van der Waals surface area (Å²) in [5, 5.41) is 3.62. The lowest BCUT2D eigenvalue weighted by Crippen LogP contribution is -2.43. The number of aryl methyl sites for hydroxylation is 1. The molecule has 2 aliphatic heterocycles. The van der Waals surface area contributed by atoms with Crippen LogP contribution in [0.2, 0.25) is 0 Å². The molecule has 0 aliphatic carbocycles. The Kier molecular flexibility index (Phi) is 3.17. The standard InChI is InChI=1S/C15H22N2/c1-12-2-4-13(5-3-12)10-17-9-7-15-14(11-17)6-8-16-15/h2-5,14-16H,6-11H2,1H3. The van der Waals surface area contributed by atoms with Gasteiger partial charge < -0.3 is 5.32 Å². The Bertz CT molecular complexity index is 371. The largest absolute Gasteiger partial charge is 0.314 e. The van der Waals surface area contributed by atoms with Crippen molar-refractivity contribution in [3.05, 3.63) is 35.4 Å². The van der Waals surface area contributed by atoms with Crippen LogP contribution in [0, 0.1) is 12.8 Å². The minimum atomic E-state index is 0.810. The van der Waals surface area contributed by atoms with Crippen molar-refractivity contribution in [2.24, 2.45) is 5.92 Å². The zero-order valence-electron chi connectivity index (χ0n) is 10.7. The highest BCUT2D eigenvalue weighted by molar-refractivity contribution is 5.21. The molecule has 2 unspecified atom stereocenters. The third-order valence-electron chi connectivity index (χ3n) is 4.27. The molecule has 0 amide bonds. The van der Waals surface area contributed by atoms with E-state index in [4.69, 9.17) is 0 Å². The summed E-state index contributed by atoms with van der Waals surface area (Å²) in [5.74, 6) is 0.897. The number of hydrogen-bond donors (Lipinski definition) is 1. The average molecular weight is 230 g/mol. The SMILES string of the molecule is Cc1ccc(CN2CCC3NCCC3C2)cc1. The van der Waals surface area contributed by atoms with Crippen LogP contribution < -0.4 is 5.32 Å². The van der Waals surface area contributed by atoms with Gasteiger partial charge in [0.05, 0.1) is 0 Å². The maximum atomic E-state index is 3.62. The number of rotatable bonds is 2. The Balaban J connectivity index is 1.60. The van der Waals surface area contributed by atoms with Gasteiger partial charge in [-0.2, -0.15) is 0 Å². The van der Waals surface area contributed by atoms with Gasteiger partial charge in [-0.05, 0) is 44.3 Å². The van der Waals surface area contributed by atoms with E-state index in [1.807, 2.05) is 0 Å². The fourth-order valence-electron chi connectivity index (χ4n) is 3.22. The molecule has 2 heteroatoms. The van der Waals surface area contributed by atoms with E-state index in [1.54, 1.807) is 0 Å². The van der Waals surface area contributed by atoms with Crippen LogP contribution in [0.1, 0.15) is 24.0 Å². The van der Waals surface area contributed by atoms with E-state index >= 15 is 0 Å². The lowest BCUT2D eigenvalue weighted by atomic mass is 9.93. The van der Waals surface area contributed by atoms with Gasteiger partial charge in [-0.15, -0.1) is 0 Å². The van der Waals surface area contributed by atoms with Crippen molar-refractivity contribution in [2.75, 3.05) is 19.6 Å². The second-order valence-corrected chi connectivity index (χ2v) is 5.62. The summed E-state index contributed by atoms with van der Waals surface area (Å²) in [6.45, 7) is 7.05. The Morgan fingerprint density at radius 1 is 1.24 bits per heavy atom. The van der Waals surface area contributed by atoms with Crippen molar-refractivity contribution in [3.63, 3.8) is 0 Å². The predicted octanol–water partition coefficient (Wildman–Crippen LogP) is 2.18. The first-order valence-electron chi connectivity index (χ1n) is 6.82. The number of fused-ring (bicyclic) bond motifs is 1. The van der Waals surface area contributed by atoms with Crippen molar-refractivity contribution in [3.8, 4) is 0 Å². The van der Waals surface area contributed by atoms with Crippen molar-refractivity contribution < 1.29 is 0 Å². The molecule has 0 spiro atoms. The third-order valence-corrected chi connectivity index (χ3v) is 4.27. The molecule has 92 valence electrons. The van der Waals surface area contributed by atoms with E-state index in [0.29, 0.717) is 0 Å². The van der Waals surface area contributed by atoms with Crippen molar-refractivity contribution in [2.45, 2.75) is 32.4 Å². The van der Waals surface area contributed by atoms with Gasteiger partial charge in [-0.3, -0.25) is 4.90 Å². The quantitative estimate of drug-likeness (QED) is 0.837. The highest BCUT2D eigenvalue weighted by Crippen LogP contribution is 2.25. The van der Waals surface area contributed by atoms with Crippen LogP contribution in [0.4, 0.5) is 0 Å². The van der Waals surface area contributed by atoms with Crippen molar-refractivity contribution in [1.29, 1.82) is 0 Å². The van der Waals surface area contributed by atoms with Crippen LogP contribution in [0.25, 0.3) is 0 Å². The maximum Gasteiger partial charge on any atom is 0.0233 e. The Hall–Kier alpha value is -0.860. The second-order valence-electron chi connectivity index (χ2n) is 5.62. The number of nitrogens with zero attached hydrogens (tertiary/aromatic N) is 1. The molecule has 3 rings (SSSR count). The molecule has 1 aromatic rings. The van der Waals surface area contributed by atoms with Crippen molar-refractivity contribution >= 4 is 0 Å². The molecule has 2 heterocycles. The summed E-state index contributed by atoms with van der Waals surface area (Å²) in [7, 11) is 0. The predicted molar refractivity (Wildman–Crippen MR) is 71.0 cm³/mol. The van der Waals surface area contributed by atoms with Crippen LogP contribution in [-0.2, 0) is 6.54 Å². The minimum Gasteiger partial charge on any atom is -0.314 e. The van der Waals surface area contributed by atoms with E-state index in [2.05, 4.69) is 41.4 Å². The monoisotopic (exact) mass is 230 g/mol. The van der Waals surface area contributed by atoms with Gasteiger partial charge in [0.15, 0.2) is 0 Å². The van der Waals surface area contributed by atoms with E-state index in [-0.39, 0.29) is 0 Å². The zero-order chi connectivity index (χ0) is 11.7. The van der Waals surface area contributed by atoms with E-state index in [0.717, 1.165) is 18.5 Å². The molecule has 17 heavy (non-hydrogen) atoms. The number of piperidine rings is 1. The summed E-state index contributed by atoms with van der Waals surface area (Å²) < 4.78 is 0. The lowest BCUT2D eigenvalue weighted by molar-refractivity contribution is 0.156. The highest BCUT2D eigenvalue weighted by atomic mass is 15.2. The summed E-state index contributed by atoms with van der Waals surface area (Å²) in [6, 6.07) is 9.80. The molecule has 2 saturated heterocycles. The fourth-order valence-corrected chi connectivity index (χ4v) is 3.22. The van der Waals surface area contributed by atoms with Crippen LogP contribution in [0.3, 0.4) is 0 Å². The number of hydrogen-bond acceptors (Lipinski definition) is 2. The molecular weight excluding hydrogens is 208 g/mol. The van der Waals surface area contributed by atoms with Gasteiger partial charge in [0.2, 0.25) is 0 Å². The first kappa shape index (κ1) is 11.2. The number of benzene rings is 1. The van der Waals surface area contributed by atoms with Crippen LogP contribution in [0.5, 0.6) is 0 Å². The lowest BCUT2D eigenvalue weighted by Gasteiger charge is -2.34. The van der Waals surface area contributed by atoms with E-state index in [9.17, 15) is 0 Å². The maximum absolute atomic E-state index is 3.62. The molecule has 2 atom stereocenters. The van der Waals surface area contributed by atoms with E-state index < -0.39 is 0 Å². The summed E-state index contributed by atoms with van der Waals surface area (Å²) >= 11 is 0. The van der Waals surface area contributed by atoms with E-state index in [1.165, 1.54) is 43.6 Å². The molecule has 1 aromatic carbocycles. The molecule has 2 fully saturated rings. The Morgan fingerprint density at radius 3 is 2.88 bits per heavy atom. The third kappa shape index (κ3) is 2.53. The molecule has 0 aromatic heterocycles. The normalized spacial score (nSPS) is 29.2. The molecular formula is C15H22N2. The van der Waals surface area contributed by atoms with Crippen LogP contribution >= 0.6 is 0 Å². The summed E-state index contributed by atoms with van der Waals surface area (Å²) in [5.41, 5.74) is 2.81. The van der Waals surface area contributed by atoms with Crippen molar-refractivity contribution in [1.82, 2.24) is 10.2 Å². The molecule has 2 aliphatic rings. The average Bonchev–Trinajstić information content (AvgIpc) is 2.79. The molecule has 0 bridgehead atoms. The molecule has 0 saturated carbocycles. The topological polar surface area (TPSA) is 15.3 Å². The zero-order valence-corrected chi connectivity index (χ0v) is 10.7. The highest BCUT2D eigenvalue weighted by Gasteiger charge is 2.32. The van der Waals surface area contributed by atoms with Gasteiger partial charge in [0, 0.05) is 19.1 Å². The van der Waals surface area contributed by atoms with Crippen LogP contribution in [-0.4, -0.2) is 30.6 Å². The Labute approximate surface area is 104 Å². The molecule has 1 N–H and O–H groups in total. The second kappa shape index (κ2) is 4.79.